The Morgan fingerprint density at radius 1 is 0.889 bits per heavy atom. The van der Waals surface area contributed by atoms with Crippen LogP contribution in [0, 0.1) is 0 Å². The van der Waals surface area contributed by atoms with Gasteiger partial charge in [-0.25, -0.2) is 0 Å². The maximum absolute atomic E-state index is 11.3. The van der Waals surface area contributed by atoms with Gasteiger partial charge in [-0.15, -0.1) is 0 Å². The predicted octanol–water partition coefficient (Wildman–Crippen LogP) is 2.83. The van der Waals surface area contributed by atoms with Crippen LogP contribution in [0.5, 0.6) is 11.5 Å². The average molecular weight is 370 g/mol. The largest absolute Gasteiger partial charge is 0.506 e. The van der Waals surface area contributed by atoms with E-state index in [0.29, 0.717) is 24.3 Å². The molecule has 0 bridgehead atoms. The number of para-hydroxylation sites is 2. The molecule has 142 valence electrons. The summed E-state index contributed by atoms with van der Waals surface area (Å²) in [7, 11) is 1.56. The lowest BCUT2D eigenvalue weighted by Crippen LogP contribution is -2.19. The average Bonchev–Trinajstić information content (AvgIpc) is 2.67. The lowest BCUT2D eigenvalue weighted by molar-refractivity contribution is -0.117. The fraction of sp³-hybridized carbons (Fsp3) is 0.300. The van der Waals surface area contributed by atoms with Gasteiger partial charge in [-0.05, 0) is 36.1 Å². The van der Waals surface area contributed by atoms with Crippen LogP contribution in [0.25, 0.3) is 0 Å². The van der Waals surface area contributed by atoms with Gasteiger partial charge in [-0.3, -0.25) is 9.59 Å². The molecule has 7 nitrogen and oxygen atoms in total. The number of nitrogens with one attached hydrogen (secondary N) is 2. The van der Waals surface area contributed by atoms with E-state index in [1.54, 1.807) is 19.2 Å². The lowest BCUT2D eigenvalue weighted by atomic mass is 10.0. The number of amides is 2. The molecular weight excluding hydrogens is 348 g/mol. The van der Waals surface area contributed by atoms with Gasteiger partial charge in [0.15, 0.2) is 6.79 Å². The van der Waals surface area contributed by atoms with Gasteiger partial charge in [0.2, 0.25) is 11.8 Å². The number of rotatable bonds is 3. The molecule has 4 rings (SSSR count). The van der Waals surface area contributed by atoms with E-state index in [1.165, 1.54) is 0 Å². The SMILES string of the molecule is COCOc1cccc2c1NC(=O)CC2.O=C1CCc2cccc(O)c2N1. The summed E-state index contributed by atoms with van der Waals surface area (Å²) < 4.78 is 10.2. The van der Waals surface area contributed by atoms with Gasteiger partial charge in [-0.2, -0.15) is 0 Å². The minimum atomic E-state index is -0.0241. The molecule has 0 atom stereocenters. The first-order valence-corrected chi connectivity index (χ1v) is 8.72. The van der Waals surface area contributed by atoms with Gasteiger partial charge in [0.1, 0.15) is 11.5 Å². The Bertz CT molecular complexity index is 850. The molecule has 0 fully saturated rings. The molecule has 0 aliphatic carbocycles. The summed E-state index contributed by atoms with van der Waals surface area (Å²) in [5.41, 5.74) is 3.48. The van der Waals surface area contributed by atoms with Crippen molar-refractivity contribution in [3.63, 3.8) is 0 Å². The van der Waals surface area contributed by atoms with Crippen molar-refractivity contribution in [3.8, 4) is 11.5 Å². The van der Waals surface area contributed by atoms with Crippen molar-refractivity contribution in [1.29, 1.82) is 0 Å². The van der Waals surface area contributed by atoms with Crippen LogP contribution < -0.4 is 15.4 Å². The van der Waals surface area contributed by atoms with Gasteiger partial charge in [0, 0.05) is 20.0 Å². The number of phenolic OH excluding ortho intramolecular Hbond substituents is 1. The number of fused-ring (bicyclic) bond motifs is 2. The van der Waals surface area contributed by atoms with Crippen LogP contribution in [0.1, 0.15) is 24.0 Å². The molecule has 0 unspecified atom stereocenters. The van der Waals surface area contributed by atoms with Gasteiger partial charge in [-0.1, -0.05) is 24.3 Å². The van der Waals surface area contributed by atoms with E-state index in [2.05, 4.69) is 10.6 Å². The van der Waals surface area contributed by atoms with E-state index < -0.39 is 0 Å². The number of benzene rings is 2. The molecule has 27 heavy (non-hydrogen) atoms. The van der Waals surface area contributed by atoms with Crippen molar-refractivity contribution >= 4 is 23.2 Å². The molecule has 0 saturated heterocycles. The van der Waals surface area contributed by atoms with E-state index in [4.69, 9.17) is 9.47 Å². The molecule has 2 amide bonds. The van der Waals surface area contributed by atoms with E-state index >= 15 is 0 Å². The maximum atomic E-state index is 11.3. The number of methoxy groups -OCH3 is 1. The summed E-state index contributed by atoms with van der Waals surface area (Å²) in [5, 5.41) is 14.8. The second-order valence-corrected chi connectivity index (χ2v) is 6.25. The zero-order valence-corrected chi connectivity index (χ0v) is 15.1. The molecule has 3 N–H and O–H groups in total. The smallest absolute Gasteiger partial charge is 0.224 e. The number of ether oxygens (including phenoxy) is 2. The molecule has 2 aromatic rings. The third-order valence-corrected chi connectivity index (χ3v) is 4.35. The van der Waals surface area contributed by atoms with Gasteiger partial charge in [0.25, 0.3) is 0 Å². The first-order chi connectivity index (χ1) is 13.1. The number of carbonyl (C=O) groups excluding carboxylic acids is 2. The summed E-state index contributed by atoms with van der Waals surface area (Å²) in [6.45, 7) is 0.187. The molecule has 7 heteroatoms. The first kappa shape index (κ1) is 18.7. The van der Waals surface area contributed by atoms with Crippen molar-refractivity contribution in [3.05, 3.63) is 47.5 Å². The summed E-state index contributed by atoms with van der Waals surface area (Å²) in [4.78, 5) is 22.2. The Labute approximate surface area is 157 Å². The molecular formula is C20H22N2O5. The van der Waals surface area contributed by atoms with E-state index in [-0.39, 0.29) is 24.4 Å². The fourth-order valence-corrected chi connectivity index (χ4v) is 3.01. The summed E-state index contributed by atoms with van der Waals surface area (Å²) in [6, 6.07) is 11.0. The first-order valence-electron chi connectivity index (χ1n) is 8.72. The summed E-state index contributed by atoms with van der Waals surface area (Å²) in [6.07, 6.45) is 2.54. The topological polar surface area (TPSA) is 96.9 Å². The van der Waals surface area contributed by atoms with Crippen LogP contribution in [-0.2, 0) is 27.2 Å². The lowest BCUT2D eigenvalue weighted by Gasteiger charge is -2.19. The number of carbonyl (C=O) groups is 2. The fourth-order valence-electron chi connectivity index (χ4n) is 3.01. The Hall–Kier alpha value is -3.06. The van der Waals surface area contributed by atoms with Gasteiger partial charge < -0.3 is 25.2 Å². The third-order valence-electron chi connectivity index (χ3n) is 4.35. The number of aromatic hydroxyl groups is 1. The van der Waals surface area contributed by atoms with Crippen LogP contribution in [0.2, 0.25) is 0 Å². The molecule has 2 aliphatic heterocycles. The Kier molecular flexibility index (Phi) is 5.93. The third kappa shape index (κ3) is 4.57. The van der Waals surface area contributed by atoms with Crippen LogP contribution in [-0.4, -0.2) is 30.8 Å². The van der Waals surface area contributed by atoms with E-state index in [1.807, 2.05) is 24.3 Å². The minimum Gasteiger partial charge on any atom is -0.506 e. The van der Waals surface area contributed by atoms with Crippen molar-refractivity contribution in [2.75, 3.05) is 24.5 Å². The standard InChI is InChI=1S/C11H13NO3.C9H9NO2/c1-14-7-15-9-4-2-3-8-5-6-10(13)12-11(8)9;11-7-3-1-2-6-4-5-8(12)10-9(6)7/h2-4H,5-7H2,1H3,(H,12,13);1-3,11H,4-5H2,(H,10,12). The normalized spacial score (nSPS) is 14.7. The Morgan fingerprint density at radius 3 is 2.15 bits per heavy atom. The minimum absolute atomic E-state index is 0.0241. The van der Waals surface area contributed by atoms with Crippen molar-refractivity contribution in [2.24, 2.45) is 0 Å². The molecule has 0 radical (unpaired) electrons. The number of anilines is 2. The molecule has 2 aromatic carbocycles. The highest BCUT2D eigenvalue weighted by Crippen LogP contribution is 2.32. The van der Waals surface area contributed by atoms with Crippen LogP contribution >= 0.6 is 0 Å². The van der Waals surface area contributed by atoms with E-state index in [9.17, 15) is 14.7 Å². The number of phenols is 1. The highest BCUT2D eigenvalue weighted by atomic mass is 16.7. The second kappa shape index (κ2) is 8.55. The van der Waals surface area contributed by atoms with Gasteiger partial charge in [0.05, 0.1) is 11.4 Å². The molecule has 0 spiro atoms. The molecule has 2 heterocycles. The second-order valence-electron chi connectivity index (χ2n) is 6.25. The summed E-state index contributed by atoms with van der Waals surface area (Å²) in [5.74, 6) is 0.836. The van der Waals surface area contributed by atoms with E-state index in [0.717, 1.165) is 29.7 Å². The molecule has 0 saturated carbocycles. The quantitative estimate of drug-likeness (QED) is 0.570. The highest BCUT2D eigenvalue weighted by molar-refractivity contribution is 5.96. The Balaban J connectivity index is 0.000000159. The molecule has 2 aliphatic rings. The van der Waals surface area contributed by atoms with Crippen LogP contribution in [0.3, 0.4) is 0 Å². The zero-order chi connectivity index (χ0) is 19.2. The number of hydrogen-bond acceptors (Lipinski definition) is 5. The summed E-state index contributed by atoms with van der Waals surface area (Å²) >= 11 is 0. The van der Waals surface area contributed by atoms with Crippen LogP contribution in [0.15, 0.2) is 36.4 Å². The molecule has 0 aromatic heterocycles. The Morgan fingerprint density at radius 2 is 1.48 bits per heavy atom. The highest BCUT2D eigenvalue weighted by Gasteiger charge is 2.18. The number of hydrogen-bond donors (Lipinski definition) is 3. The predicted molar refractivity (Wildman–Crippen MR) is 101 cm³/mol. The number of aryl methyl sites for hydroxylation is 2. The zero-order valence-electron chi connectivity index (χ0n) is 15.1. The van der Waals surface area contributed by atoms with Gasteiger partial charge >= 0.3 is 0 Å². The van der Waals surface area contributed by atoms with Crippen LogP contribution in [0.4, 0.5) is 11.4 Å². The maximum Gasteiger partial charge on any atom is 0.224 e. The van der Waals surface area contributed by atoms with Crippen molar-refractivity contribution in [2.45, 2.75) is 25.7 Å². The van der Waals surface area contributed by atoms with Crippen molar-refractivity contribution < 1.29 is 24.2 Å². The van der Waals surface area contributed by atoms with Crippen molar-refractivity contribution in [1.82, 2.24) is 0 Å². The monoisotopic (exact) mass is 370 g/mol.